The van der Waals surface area contributed by atoms with Crippen LogP contribution in [0.3, 0.4) is 0 Å². The van der Waals surface area contributed by atoms with Crippen LogP contribution in [-0.4, -0.2) is 56.0 Å². The molecule has 0 aromatic carbocycles. The average molecular weight is 555 g/mol. The number of halogens is 1. The van der Waals surface area contributed by atoms with E-state index in [4.69, 9.17) is 15.2 Å². The first-order valence-corrected chi connectivity index (χ1v) is 13.1. The van der Waals surface area contributed by atoms with Crippen molar-refractivity contribution < 1.29 is 23.5 Å². The Bertz CT molecular complexity index is 1360. The number of nitrogens with zero attached hydrogens (tertiary/aromatic N) is 4. The Morgan fingerprint density at radius 2 is 2.00 bits per heavy atom. The van der Waals surface area contributed by atoms with Gasteiger partial charge in [0, 0.05) is 18.4 Å². The zero-order valence-electron chi connectivity index (χ0n) is 23.2. The Morgan fingerprint density at radius 3 is 2.60 bits per heavy atom. The molecule has 1 saturated carbocycles. The fourth-order valence-corrected chi connectivity index (χ4v) is 4.19. The van der Waals surface area contributed by atoms with Crippen LogP contribution in [0.25, 0.3) is 5.69 Å². The zero-order valence-corrected chi connectivity index (χ0v) is 23.2. The van der Waals surface area contributed by atoms with Crippen molar-refractivity contribution in [3.8, 4) is 11.6 Å². The summed E-state index contributed by atoms with van der Waals surface area (Å²) in [6.45, 7) is 9.39. The van der Waals surface area contributed by atoms with E-state index in [2.05, 4.69) is 31.0 Å². The van der Waals surface area contributed by atoms with E-state index < -0.39 is 29.5 Å². The van der Waals surface area contributed by atoms with Crippen LogP contribution in [0.1, 0.15) is 57.8 Å². The van der Waals surface area contributed by atoms with Gasteiger partial charge in [0.2, 0.25) is 5.88 Å². The molecule has 3 aromatic heterocycles. The summed E-state index contributed by atoms with van der Waals surface area (Å²) >= 11 is 0. The van der Waals surface area contributed by atoms with Gasteiger partial charge in [-0.05, 0) is 71.6 Å². The number of pyridine rings is 2. The van der Waals surface area contributed by atoms with E-state index in [-0.39, 0.29) is 29.2 Å². The van der Waals surface area contributed by atoms with Crippen molar-refractivity contribution in [1.82, 2.24) is 25.1 Å². The molecule has 1 fully saturated rings. The third kappa shape index (κ3) is 7.16. The highest BCUT2D eigenvalue weighted by atomic mass is 19.1. The number of ether oxygens (including phenoxy) is 2. The molecule has 0 aliphatic heterocycles. The van der Waals surface area contributed by atoms with Gasteiger partial charge < -0.3 is 31.2 Å². The molecule has 3 heterocycles. The molecule has 0 unspecified atom stereocenters. The van der Waals surface area contributed by atoms with Crippen LogP contribution in [0.15, 0.2) is 36.8 Å². The Hall–Kier alpha value is -4.42. The first kappa shape index (κ1) is 28.6. The summed E-state index contributed by atoms with van der Waals surface area (Å²) in [5, 5.41) is 13.2. The van der Waals surface area contributed by atoms with Crippen molar-refractivity contribution in [1.29, 1.82) is 0 Å². The minimum Gasteiger partial charge on any atom is -0.476 e. The molecule has 0 saturated heterocycles. The van der Waals surface area contributed by atoms with Crippen molar-refractivity contribution in [3.05, 3.63) is 48.2 Å². The van der Waals surface area contributed by atoms with E-state index >= 15 is 4.39 Å². The molecule has 5 N–H and O–H groups in total. The predicted molar refractivity (Wildman–Crippen MR) is 147 cm³/mol. The first-order valence-electron chi connectivity index (χ1n) is 13.1. The smallest absolute Gasteiger partial charge is 0.407 e. The summed E-state index contributed by atoms with van der Waals surface area (Å²) in [7, 11) is 0. The third-order valence-corrected chi connectivity index (χ3v) is 6.09. The average Bonchev–Trinajstić information content (AvgIpc) is 3.55. The van der Waals surface area contributed by atoms with Crippen molar-refractivity contribution in [3.63, 3.8) is 0 Å². The number of hydrogen-bond donors (Lipinski definition) is 4. The van der Waals surface area contributed by atoms with E-state index in [9.17, 15) is 9.59 Å². The second-order valence-electron chi connectivity index (χ2n) is 10.6. The summed E-state index contributed by atoms with van der Waals surface area (Å²) in [5.41, 5.74) is 5.76. The van der Waals surface area contributed by atoms with Crippen LogP contribution in [-0.2, 0) is 4.74 Å². The van der Waals surface area contributed by atoms with Crippen molar-refractivity contribution in [2.75, 3.05) is 17.2 Å². The molecule has 1 aliphatic rings. The van der Waals surface area contributed by atoms with Crippen LogP contribution < -0.4 is 26.4 Å². The Labute approximate surface area is 231 Å². The fourth-order valence-electron chi connectivity index (χ4n) is 4.19. The molecule has 1 aliphatic carbocycles. The third-order valence-electron chi connectivity index (χ3n) is 6.09. The maximum atomic E-state index is 15.2. The number of nitrogens with one attached hydrogen (secondary N) is 3. The van der Waals surface area contributed by atoms with Crippen LogP contribution in [0.5, 0.6) is 5.88 Å². The molecule has 2 amide bonds. The normalized spacial score (nSPS) is 14.7. The quantitative estimate of drug-likeness (QED) is 0.273. The van der Waals surface area contributed by atoms with Gasteiger partial charge in [-0.25, -0.2) is 23.8 Å². The Morgan fingerprint density at radius 1 is 1.25 bits per heavy atom. The number of primary amides is 1. The highest BCUT2D eigenvalue weighted by Gasteiger charge is 2.37. The molecule has 40 heavy (non-hydrogen) atoms. The molecule has 0 bridgehead atoms. The van der Waals surface area contributed by atoms with Gasteiger partial charge in [0.15, 0.2) is 11.6 Å². The second-order valence-corrected chi connectivity index (χ2v) is 10.6. The maximum absolute atomic E-state index is 15.2. The standard InChI is InChI=1S/C27H35FN8O4/c1-6-39-25-20(36-11-7-10-31-36)12-17(14-30-25)33-23-18(22(29)37)13-19(28)24(35-23)34-21(16-8-9-16)15(2)32-26(38)40-27(3,4)5/h7,10-16,21H,6,8-9H2,1-5H3,(H2,29,37)(H,32,38)(H2,33,34,35)/t15-,21-/m0/s1. The lowest BCUT2D eigenvalue weighted by atomic mass is 10.0. The Balaban J connectivity index is 1.62. The van der Waals surface area contributed by atoms with E-state index in [1.807, 2.05) is 13.8 Å². The summed E-state index contributed by atoms with van der Waals surface area (Å²) < 4.78 is 27.8. The van der Waals surface area contributed by atoms with Crippen LogP contribution >= 0.6 is 0 Å². The highest BCUT2D eigenvalue weighted by molar-refractivity contribution is 5.98. The number of alkyl carbamates (subject to hydrolysis) is 1. The van der Waals surface area contributed by atoms with E-state index in [0.717, 1.165) is 18.9 Å². The number of nitrogens with two attached hydrogens (primary N) is 1. The Kier molecular flexibility index (Phi) is 8.40. The fraction of sp³-hybridized carbons (Fsp3) is 0.444. The molecule has 4 rings (SSSR count). The largest absolute Gasteiger partial charge is 0.476 e. The van der Waals surface area contributed by atoms with Gasteiger partial charge in [-0.2, -0.15) is 5.10 Å². The summed E-state index contributed by atoms with van der Waals surface area (Å²) in [6.07, 6.45) is 6.12. The van der Waals surface area contributed by atoms with E-state index in [1.54, 1.807) is 50.0 Å². The molecular formula is C27H35FN8O4. The molecule has 0 radical (unpaired) electrons. The number of amides is 2. The number of aromatic nitrogens is 4. The first-order chi connectivity index (χ1) is 18.9. The van der Waals surface area contributed by atoms with Gasteiger partial charge in [0.25, 0.3) is 5.91 Å². The van der Waals surface area contributed by atoms with Gasteiger partial charge in [-0.1, -0.05) is 0 Å². The van der Waals surface area contributed by atoms with Crippen molar-refractivity contribution >= 4 is 29.3 Å². The van der Waals surface area contributed by atoms with Crippen LogP contribution in [0.2, 0.25) is 0 Å². The molecule has 3 aromatic rings. The minimum absolute atomic E-state index is 0.0380. The zero-order chi connectivity index (χ0) is 29.0. The highest BCUT2D eigenvalue weighted by Crippen LogP contribution is 2.36. The van der Waals surface area contributed by atoms with Crippen LogP contribution in [0.4, 0.5) is 26.5 Å². The minimum atomic E-state index is -0.856. The predicted octanol–water partition coefficient (Wildman–Crippen LogP) is 4.15. The number of anilines is 3. The summed E-state index contributed by atoms with van der Waals surface area (Å²) in [6, 6.07) is 3.78. The summed E-state index contributed by atoms with van der Waals surface area (Å²) in [5.74, 6) is -1.10. The molecular weight excluding hydrogens is 519 g/mol. The molecule has 13 heteroatoms. The van der Waals surface area contributed by atoms with Gasteiger partial charge in [-0.3, -0.25) is 4.79 Å². The summed E-state index contributed by atoms with van der Waals surface area (Å²) in [4.78, 5) is 33.3. The van der Waals surface area contributed by atoms with Crippen molar-refractivity contribution in [2.45, 2.75) is 65.1 Å². The van der Waals surface area contributed by atoms with Gasteiger partial charge in [0.1, 0.15) is 17.1 Å². The monoisotopic (exact) mass is 554 g/mol. The molecule has 12 nitrogen and oxygen atoms in total. The van der Waals surface area contributed by atoms with Gasteiger partial charge >= 0.3 is 6.09 Å². The number of carbonyl (C=O) groups excluding carboxylic acids is 2. The van der Waals surface area contributed by atoms with Crippen LogP contribution in [0, 0.1) is 11.7 Å². The topological polar surface area (TPSA) is 158 Å². The molecule has 0 spiro atoms. The van der Waals surface area contributed by atoms with E-state index in [1.165, 1.54) is 6.20 Å². The molecule has 214 valence electrons. The lowest BCUT2D eigenvalue weighted by Gasteiger charge is -2.28. The number of carbonyl (C=O) groups is 2. The molecule has 2 atom stereocenters. The lowest BCUT2D eigenvalue weighted by Crippen LogP contribution is -2.47. The van der Waals surface area contributed by atoms with E-state index in [0.29, 0.717) is 23.9 Å². The van der Waals surface area contributed by atoms with Crippen molar-refractivity contribution in [2.24, 2.45) is 11.7 Å². The SMILES string of the molecule is CCOc1ncc(Nc2nc(N[C@H](C3CC3)[C@H](C)NC(=O)OC(C)(C)C)c(F)cc2C(N)=O)cc1-n1cccn1. The lowest BCUT2D eigenvalue weighted by molar-refractivity contribution is 0.0501. The number of rotatable bonds is 11. The maximum Gasteiger partial charge on any atom is 0.407 e. The van der Waals surface area contributed by atoms with Gasteiger partial charge in [-0.15, -0.1) is 0 Å². The number of hydrogen-bond acceptors (Lipinski definition) is 9. The van der Waals surface area contributed by atoms with Gasteiger partial charge in [0.05, 0.1) is 30.1 Å². The second kappa shape index (κ2) is 11.8.